The van der Waals surface area contributed by atoms with Crippen molar-refractivity contribution < 1.29 is 4.74 Å². The van der Waals surface area contributed by atoms with Crippen LogP contribution in [0.4, 0.5) is 5.69 Å². The normalized spacial score (nSPS) is 16.1. The van der Waals surface area contributed by atoms with Gasteiger partial charge in [0.2, 0.25) is 0 Å². The number of ether oxygens (including phenoxy) is 1. The van der Waals surface area contributed by atoms with Gasteiger partial charge in [0, 0.05) is 11.4 Å². The van der Waals surface area contributed by atoms with Crippen LogP contribution in [0.1, 0.15) is 11.1 Å². The minimum atomic E-state index is 0.0814. The van der Waals surface area contributed by atoms with Gasteiger partial charge in [0.05, 0.1) is 17.8 Å². The molecule has 3 nitrogen and oxygen atoms in total. The van der Waals surface area contributed by atoms with Crippen LogP contribution < -0.4 is 10.1 Å². The van der Waals surface area contributed by atoms with Crippen molar-refractivity contribution in [2.75, 3.05) is 11.9 Å². The Morgan fingerprint density at radius 1 is 1.30 bits per heavy atom. The van der Waals surface area contributed by atoms with E-state index in [4.69, 9.17) is 21.6 Å². The summed E-state index contributed by atoms with van der Waals surface area (Å²) in [5.41, 5.74) is 2.57. The molecule has 0 amide bonds. The SMILES string of the molecule is N#Cc1ccc(Cl)cc1NCC1Cc2ccccc2O1. The third kappa shape index (κ3) is 2.56. The molecule has 0 saturated heterocycles. The lowest BCUT2D eigenvalue weighted by Crippen LogP contribution is -2.24. The molecule has 0 radical (unpaired) electrons. The van der Waals surface area contributed by atoms with Crippen molar-refractivity contribution in [2.45, 2.75) is 12.5 Å². The van der Waals surface area contributed by atoms with Crippen LogP contribution in [0.2, 0.25) is 5.02 Å². The standard InChI is InChI=1S/C16H13ClN2O/c17-13-6-5-12(9-18)15(8-13)19-10-14-7-11-3-1-2-4-16(11)20-14/h1-6,8,14,19H,7,10H2. The van der Waals surface area contributed by atoms with Gasteiger partial charge in [-0.05, 0) is 29.8 Å². The van der Waals surface area contributed by atoms with Gasteiger partial charge in [-0.15, -0.1) is 0 Å². The number of halogens is 1. The first-order valence-electron chi connectivity index (χ1n) is 6.44. The van der Waals surface area contributed by atoms with Gasteiger partial charge in [-0.1, -0.05) is 29.8 Å². The second-order valence-corrected chi connectivity index (χ2v) is 5.17. The second-order valence-electron chi connectivity index (χ2n) is 4.73. The van der Waals surface area contributed by atoms with E-state index in [-0.39, 0.29) is 6.10 Å². The monoisotopic (exact) mass is 284 g/mol. The van der Waals surface area contributed by atoms with Gasteiger partial charge in [-0.2, -0.15) is 5.26 Å². The van der Waals surface area contributed by atoms with E-state index in [1.807, 2.05) is 18.2 Å². The quantitative estimate of drug-likeness (QED) is 0.936. The summed E-state index contributed by atoms with van der Waals surface area (Å²) in [5.74, 6) is 0.950. The van der Waals surface area contributed by atoms with Gasteiger partial charge in [0.1, 0.15) is 17.9 Å². The number of fused-ring (bicyclic) bond motifs is 1. The number of para-hydroxylation sites is 1. The molecule has 2 aromatic carbocycles. The topological polar surface area (TPSA) is 45.0 Å². The van der Waals surface area contributed by atoms with Gasteiger partial charge >= 0.3 is 0 Å². The summed E-state index contributed by atoms with van der Waals surface area (Å²) in [4.78, 5) is 0. The van der Waals surface area contributed by atoms with Gasteiger partial charge in [0.15, 0.2) is 0 Å². The number of rotatable bonds is 3. The zero-order valence-electron chi connectivity index (χ0n) is 10.8. The van der Waals surface area contributed by atoms with Gasteiger partial charge in [-0.25, -0.2) is 0 Å². The molecule has 1 aliphatic rings. The number of nitrogens with zero attached hydrogens (tertiary/aromatic N) is 1. The third-order valence-electron chi connectivity index (χ3n) is 3.34. The second kappa shape index (κ2) is 5.44. The Hall–Kier alpha value is -2.18. The molecule has 20 heavy (non-hydrogen) atoms. The maximum Gasteiger partial charge on any atom is 0.123 e. The van der Waals surface area contributed by atoms with E-state index in [1.165, 1.54) is 5.56 Å². The smallest absolute Gasteiger partial charge is 0.123 e. The fourth-order valence-electron chi connectivity index (χ4n) is 2.35. The predicted octanol–water partition coefficient (Wildman–Crippen LogP) is 3.63. The molecular formula is C16H13ClN2O. The molecule has 0 bridgehead atoms. The number of hydrogen-bond acceptors (Lipinski definition) is 3. The van der Waals surface area contributed by atoms with Gasteiger partial charge < -0.3 is 10.1 Å². The van der Waals surface area contributed by atoms with Crippen molar-refractivity contribution in [1.82, 2.24) is 0 Å². The number of nitrogens with one attached hydrogen (secondary N) is 1. The maximum absolute atomic E-state index is 9.08. The van der Waals surface area contributed by atoms with Crippen LogP contribution in [0.5, 0.6) is 5.75 Å². The molecule has 1 N–H and O–H groups in total. The van der Waals surface area contributed by atoms with Gasteiger partial charge in [-0.3, -0.25) is 0 Å². The van der Waals surface area contributed by atoms with Crippen molar-refractivity contribution in [3.8, 4) is 11.8 Å². The molecule has 1 unspecified atom stereocenters. The highest BCUT2D eigenvalue weighted by Crippen LogP contribution is 2.28. The summed E-state index contributed by atoms with van der Waals surface area (Å²) < 4.78 is 5.85. The van der Waals surface area contributed by atoms with E-state index >= 15 is 0 Å². The highest BCUT2D eigenvalue weighted by atomic mass is 35.5. The molecule has 1 aliphatic heterocycles. The third-order valence-corrected chi connectivity index (χ3v) is 3.57. The van der Waals surface area contributed by atoms with Crippen LogP contribution in [-0.4, -0.2) is 12.6 Å². The first kappa shape index (κ1) is 12.8. The number of hydrogen-bond donors (Lipinski definition) is 1. The Morgan fingerprint density at radius 2 is 2.15 bits per heavy atom. The minimum Gasteiger partial charge on any atom is -0.488 e. The molecule has 2 aromatic rings. The minimum absolute atomic E-state index is 0.0814. The summed E-state index contributed by atoms with van der Waals surface area (Å²) >= 11 is 5.96. The van der Waals surface area contributed by atoms with E-state index in [9.17, 15) is 0 Å². The maximum atomic E-state index is 9.08. The van der Waals surface area contributed by atoms with E-state index in [2.05, 4.69) is 17.5 Å². The lowest BCUT2D eigenvalue weighted by Gasteiger charge is -2.14. The molecule has 0 spiro atoms. The molecule has 0 aliphatic carbocycles. The zero-order valence-corrected chi connectivity index (χ0v) is 11.5. The molecule has 4 heteroatoms. The summed E-state index contributed by atoms with van der Waals surface area (Å²) in [6, 6.07) is 15.4. The number of anilines is 1. The van der Waals surface area contributed by atoms with Crippen LogP contribution in [0.15, 0.2) is 42.5 Å². The lowest BCUT2D eigenvalue weighted by molar-refractivity contribution is 0.246. The molecule has 1 heterocycles. The molecule has 0 aromatic heterocycles. The highest BCUT2D eigenvalue weighted by Gasteiger charge is 2.22. The lowest BCUT2D eigenvalue weighted by atomic mass is 10.1. The molecule has 1 atom stereocenters. The Labute approximate surface area is 122 Å². The highest BCUT2D eigenvalue weighted by molar-refractivity contribution is 6.30. The van der Waals surface area contributed by atoms with Crippen molar-refractivity contribution in [2.24, 2.45) is 0 Å². The Kier molecular flexibility index (Phi) is 3.49. The molecule has 100 valence electrons. The molecular weight excluding hydrogens is 272 g/mol. The molecule has 0 fully saturated rings. The summed E-state index contributed by atoms with van der Waals surface area (Å²) in [6.07, 6.45) is 0.962. The molecule has 3 rings (SSSR count). The molecule has 0 saturated carbocycles. The van der Waals surface area contributed by atoms with Crippen LogP contribution in [0.25, 0.3) is 0 Å². The van der Waals surface area contributed by atoms with Crippen LogP contribution in [0, 0.1) is 11.3 Å². The van der Waals surface area contributed by atoms with E-state index in [0.717, 1.165) is 17.9 Å². The fourth-order valence-corrected chi connectivity index (χ4v) is 2.52. The summed E-state index contributed by atoms with van der Waals surface area (Å²) in [6.45, 7) is 0.643. The summed E-state index contributed by atoms with van der Waals surface area (Å²) in [7, 11) is 0. The van der Waals surface area contributed by atoms with Gasteiger partial charge in [0.25, 0.3) is 0 Å². The first-order chi connectivity index (χ1) is 9.76. The van der Waals surface area contributed by atoms with Crippen molar-refractivity contribution in [3.05, 3.63) is 58.6 Å². The first-order valence-corrected chi connectivity index (χ1v) is 6.82. The van der Waals surface area contributed by atoms with Crippen LogP contribution in [-0.2, 0) is 6.42 Å². The average molecular weight is 285 g/mol. The number of benzene rings is 2. The Balaban J connectivity index is 1.67. The summed E-state index contributed by atoms with van der Waals surface area (Å²) in [5, 5.41) is 12.9. The van der Waals surface area contributed by atoms with Crippen molar-refractivity contribution in [1.29, 1.82) is 5.26 Å². The van der Waals surface area contributed by atoms with Crippen LogP contribution >= 0.6 is 11.6 Å². The fraction of sp³-hybridized carbons (Fsp3) is 0.188. The van der Waals surface area contributed by atoms with Crippen LogP contribution in [0.3, 0.4) is 0 Å². The van der Waals surface area contributed by atoms with Crippen molar-refractivity contribution >= 4 is 17.3 Å². The largest absolute Gasteiger partial charge is 0.488 e. The van der Waals surface area contributed by atoms with Crippen molar-refractivity contribution in [3.63, 3.8) is 0 Å². The predicted molar refractivity (Wildman–Crippen MR) is 79.2 cm³/mol. The Bertz CT molecular complexity index is 653. The van der Waals surface area contributed by atoms with E-state index < -0.39 is 0 Å². The average Bonchev–Trinajstić information content (AvgIpc) is 2.88. The Morgan fingerprint density at radius 3 is 2.95 bits per heavy atom. The zero-order chi connectivity index (χ0) is 13.9. The van der Waals surface area contributed by atoms with E-state index in [1.54, 1.807) is 18.2 Å². The number of nitriles is 1. The van der Waals surface area contributed by atoms with E-state index in [0.29, 0.717) is 17.1 Å².